The van der Waals surface area contributed by atoms with Crippen molar-refractivity contribution in [3.8, 4) is 0 Å². The number of thiophene rings is 1. The van der Waals surface area contributed by atoms with Gasteiger partial charge in [0.05, 0.1) is 25.2 Å². The third kappa shape index (κ3) is 5.45. The van der Waals surface area contributed by atoms with Crippen LogP contribution in [0, 0.1) is 6.92 Å². The topological polar surface area (TPSA) is 81.7 Å². The summed E-state index contributed by atoms with van der Waals surface area (Å²) in [5, 5.41) is 1.82. The first kappa shape index (κ1) is 21.9. The monoisotopic (exact) mass is 395 g/mol. The van der Waals surface area contributed by atoms with Gasteiger partial charge in [-0.3, -0.25) is 4.79 Å². The van der Waals surface area contributed by atoms with Crippen molar-refractivity contribution >= 4 is 29.2 Å². The zero-order chi connectivity index (χ0) is 20.1. The zero-order valence-electron chi connectivity index (χ0n) is 14.8. The van der Waals surface area contributed by atoms with Gasteiger partial charge in [0.1, 0.15) is 10.9 Å². The third-order valence-electron chi connectivity index (χ3n) is 3.35. The van der Waals surface area contributed by atoms with Crippen molar-refractivity contribution in [2.45, 2.75) is 46.3 Å². The Hall–Kier alpha value is -2.10. The number of ether oxygens (including phenoxy) is 2. The van der Waals surface area contributed by atoms with Crippen LogP contribution < -0.4 is 5.32 Å². The van der Waals surface area contributed by atoms with Gasteiger partial charge in [-0.05, 0) is 33.3 Å². The second kappa shape index (κ2) is 9.02. The van der Waals surface area contributed by atoms with Crippen LogP contribution in [-0.4, -0.2) is 43.3 Å². The number of carbonyl (C=O) groups excluding carboxylic acids is 3. The van der Waals surface area contributed by atoms with E-state index in [1.165, 1.54) is 6.92 Å². The Labute approximate surface area is 152 Å². The fourth-order valence-corrected chi connectivity index (χ4v) is 3.27. The molecule has 1 atom stereocenters. The Kier molecular flexibility index (Phi) is 7.61. The van der Waals surface area contributed by atoms with E-state index in [-0.39, 0.29) is 34.1 Å². The van der Waals surface area contributed by atoms with E-state index < -0.39 is 36.5 Å². The highest BCUT2D eigenvalue weighted by molar-refractivity contribution is 7.14. The number of nitrogens with one attached hydrogen (secondary N) is 1. The van der Waals surface area contributed by atoms with Crippen LogP contribution in [0.3, 0.4) is 0 Å². The Balaban J connectivity index is 3.15. The maximum atomic E-state index is 12.6. The van der Waals surface area contributed by atoms with E-state index in [0.29, 0.717) is 0 Å². The van der Waals surface area contributed by atoms with E-state index in [9.17, 15) is 27.6 Å². The molecule has 6 nitrogen and oxygen atoms in total. The van der Waals surface area contributed by atoms with Gasteiger partial charge in [0.25, 0.3) is 0 Å². The van der Waals surface area contributed by atoms with Gasteiger partial charge in [-0.15, -0.1) is 11.3 Å². The average Bonchev–Trinajstić information content (AvgIpc) is 2.83. The first-order valence-corrected chi connectivity index (χ1v) is 8.67. The maximum absolute atomic E-state index is 12.6. The van der Waals surface area contributed by atoms with Gasteiger partial charge >= 0.3 is 18.1 Å². The van der Waals surface area contributed by atoms with Crippen LogP contribution in [0.25, 0.3) is 0 Å². The predicted molar refractivity (Wildman–Crippen MR) is 88.3 cm³/mol. The molecule has 0 spiro atoms. The van der Waals surface area contributed by atoms with Gasteiger partial charge in [-0.1, -0.05) is 0 Å². The normalized spacial score (nSPS) is 12.4. The van der Waals surface area contributed by atoms with Gasteiger partial charge in [0.15, 0.2) is 0 Å². The van der Waals surface area contributed by atoms with Crippen molar-refractivity contribution in [3.05, 3.63) is 20.9 Å². The molecule has 0 aromatic carbocycles. The smallest absolute Gasteiger partial charge is 0.408 e. The molecule has 0 saturated heterocycles. The molecule has 0 bridgehead atoms. The Morgan fingerprint density at radius 2 is 1.65 bits per heavy atom. The lowest BCUT2D eigenvalue weighted by Crippen LogP contribution is -2.43. The van der Waals surface area contributed by atoms with Crippen LogP contribution >= 0.6 is 11.3 Å². The number of rotatable bonds is 7. The first-order valence-electron chi connectivity index (χ1n) is 7.85. The summed E-state index contributed by atoms with van der Waals surface area (Å²) in [6.07, 6.45) is -5.07. The number of esters is 2. The summed E-state index contributed by atoms with van der Waals surface area (Å²) in [6.45, 7) is 5.69. The summed E-state index contributed by atoms with van der Waals surface area (Å²) in [4.78, 5) is 36.4. The molecule has 1 heterocycles. The van der Waals surface area contributed by atoms with Gasteiger partial charge in [0.2, 0.25) is 5.91 Å². The van der Waals surface area contributed by atoms with Crippen molar-refractivity contribution in [1.82, 2.24) is 5.32 Å². The highest BCUT2D eigenvalue weighted by atomic mass is 32.1. The molecule has 1 aromatic rings. The molecular weight excluding hydrogens is 375 g/mol. The van der Waals surface area contributed by atoms with Crippen molar-refractivity contribution in [2.75, 3.05) is 13.2 Å². The highest BCUT2D eigenvalue weighted by Gasteiger charge is 2.37. The Morgan fingerprint density at radius 1 is 1.12 bits per heavy atom. The fourth-order valence-electron chi connectivity index (χ4n) is 2.08. The van der Waals surface area contributed by atoms with E-state index in [1.54, 1.807) is 13.8 Å². The molecule has 1 rings (SSSR count). The second-order valence-electron chi connectivity index (χ2n) is 5.30. The molecule has 0 fully saturated rings. The SMILES string of the molecule is CCOC(=O)c1sc(CC(=O)N[C@@H](C)C(F)(F)F)c(C(=O)OCC)c1C. The minimum absolute atomic E-state index is 0.00900. The van der Waals surface area contributed by atoms with E-state index >= 15 is 0 Å². The van der Waals surface area contributed by atoms with Gasteiger partial charge in [-0.2, -0.15) is 13.2 Å². The van der Waals surface area contributed by atoms with Crippen molar-refractivity contribution in [3.63, 3.8) is 0 Å². The van der Waals surface area contributed by atoms with Crippen molar-refractivity contribution in [2.24, 2.45) is 0 Å². The molecule has 0 saturated carbocycles. The van der Waals surface area contributed by atoms with Crippen LogP contribution in [0.15, 0.2) is 0 Å². The van der Waals surface area contributed by atoms with E-state index in [4.69, 9.17) is 9.47 Å². The molecule has 0 aliphatic rings. The molecule has 0 aliphatic carbocycles. The lowest BCUT2D eigenvalue weighted by molar-refractivity contribution is -0.157. The Bertz CT molecular complexity index is 684. The van der Waals surface area contributed by atoms with Crippen LogP contribution in [0.1, 0.15) is 51.2 Å². The number of hydrogen-bond donors (Lipinski definition) is 1. The van der Waals surface area contributed by atoms with Gasteiger partial charge in [0, 0.05) is 4.88 Å². The lowest BCUT2D eigenvalue weighted by atomic mass is 10.1. The van der Waals surface area contributed by atoms with Crippen molar-refractivity contribution < 1.29 is 37.0 Å². The molecule has 1 aromatic heterocycles. The molecule has 1 amide bonds. The number of amides is 1. The summed E-state index contributed by atoms with van der Waals surface area (Å²) in [5.74, 6) is -2.34. The molecule has 26 heavy (non-hydrogen) atoms. The summed E-state index contributed by atoms with van der Waals surface area (Å²) in [6, 6.07) is -2.04. The van der Waals surface area contributed by atoms with E-state index in [0.717, 1.165) is 18.3 Å². The largest absolute Gasteiger partial charge is 0.462 e. The first-order chi connectivity index (χ1) is 12.0. The van der Waals surface area contributed by atoms with Crippen molar-refractivity contribution in [1.29, 1.82) is 0 Å². The molecule has 0 radical (unpaired) electrons. The highest BCUT2D eigenvalue weighted by Crippen LogP contribution is 2.30. The molecule has 0 unspecified atom stereocenters. The number of alkyl halides is 3. The van der Waals surface area contributed by atoms with E-state index in [2.05, 4.69) is 0 Å². The summed E-state index contributed by atoms with van der Waals surface area (Å²) in [7, 11) is 0. The summed E-state index contributed by atoms with van der Waals surface area (Å²) >= 11 is 0.834. The molecular formula is C16H20F3NO5S. The van der Waals surface area contributed by atoms with Gasteiger partial charge in [-0.25, -0.2) is 9.59 Å². The number of carbonyl (C=O) groups is 3. The third-order valence-corrected chi connectivity index (χ3v) is 4.62. The maximum Gasteiger partial charge on any atom is 0.408 e. The number of halogens is 3. The molecule has 1 N–H and O–H groups in total. The molecule has 146 valence electrons. The zero-order valence-corrected chi connectivity index (χ0v) is 15.6. The minimum atomic E-state index is -4.58. The van der Waals surface area contributed by atoms with Crippen LogP contribution in [0.5, 0.6) is 0 Å². The summed E-state index contributed by atoms with van der Waals surface area (Å²) < 4.78 is 47.5. The van der Waals surface area contributed by atoms with Crippen LogP contribution in [0.4, 0.5) is 13.2 Å². The average molecular weight is 395 g/mol. The molecule has 10 heteroatoms. The van der Waals surface area contributed by atoms with Crippen LogP contribution in [-0.2, 0) is 20.7 Å². The van der Waals surface area contributed by atoms with Crippen LogP contribution in [0.2, 0.25) is 0 Å². The Morgan fingerprint density at radius 3 is 2.15 bits per heavy atom. The quantitative estimate of drug-likeness (QED) is 0.718. The number of hydrogen-bond acceptors (Lipinski definition) is 6. The molecule has 0 aliphatic heterocycles. The second-order valence-corrected chi connectivity index (χ2v) is 6.41. The summed E-state index contributed by atoms with van der Waals surface area (Å²) in [5.41, 5.74) is 0.285. The standard InChI is InChI=1S/C16H20F3NO5S/c1-5-24-14(22)12-8(3)13(15(23)25-6-2)26-10(12)7-11(21)20-9(4)16(17,18)19/h9H,5-7H2,1-4H3,(H,20,21)/t9-/m0/s1. The predicted octanol–water partition coefficient (Wildman–Crippen LogP) is 3.02. The van der Waals surface area contributed by atoms with Gasteiger partial charge < -0.3 is 14.8 Å². The minimum Gasteiger partial charge on any atom is -0.462 e. The fraction of sp³-hybridized carbons (Fsp3) is 0.562. The van der Waals surface area contributed by atoms with E-state index in [1.807, 2.05) is 5.32 Å². The lowest BCUT2D eigenvalue weighted by Gasteiger charge is -2.17.